The molecule has 26 heavy (non-hydrogen) atoms. The number of hydrogen-bond acceptors (Lipinski definition) is 6. The first-order valence-corrected chi connectivity index (χ1v) is 9.44. The zero-order chi connectivity index (χ0) is 19.7. The molecule has 1 aromatic carbocycles. The van der Waals surface area contributed by atoms with Crippen molar-refractivity contribution in [1.82, 2.24) is 15.4 Å². The summed E-state index contributed by atoms with van der Waals surface area (Å²) in [7, 11) is -3.86. The molecule has 0 saturated carbocycles. The number of amides is 3. The molecular weight excluding hydrogens is 362 g/mol. The van der Waals surface area contributed by atoms with Gasteiger partial charge in [-0.05, 0) is 32.4 Å². The van der Waals surface area contributed by atoms with Gasteiger partial charge in [0.15, 0.2) is 6.61 Å². The largest absolute Gasteiger partial charge is 0.455 e. The number of aryl methyl sites for hydroxylation is 1. The zero-order valence-electron chi connectivity index (χ0n) is 14.9. The number of rotatable bonds is 8. The first-order chi connectivity index (χ1) is 12.1. The van der Waals surface area contributed by atoms with E-state index in [-0.39, 0.29) is 10.9 Å². The number of benzene rings is 1. The fourth-order valence-electron chi connectivity index (χ4n) is 1.68. The highest BCUT2D eigenvalue weighted by Crippen LogP contribution is 2.09. The smallest absolute Gasteiger partial charge is 0.321 e. The second-order valence-corrected chi connectivity index (χ2v) is 7.40. The zero-order valence-corrected chi connectivity index (χ0v) is 15.7. The van der Waals surface area contributed by atoms with Crippen LogP contribution in [0.5, 0.6) is 0 Å². The number of hydrogen-bond donors (Lipinski definition) is 3. The van der Waals surface area contributed by atoms with Gasteiger partial charge >= 0.3 is 12.0 Å². The predicted octanol–water partition coefficient (Wildman–Crippen LogP) is 0.441. The molecule has 0 aliphatic carbocycles. The van der Waals surface area contributed by atoms with Crippen LogP contribution in [-0.4, -0.2) is 45.5 Å². The van der Waals surface area contributed by atoms with Crippen molar-refractivity contribution in [1.29, 1.82) is 0 Å². The van der Waals surface area contributed by atoms with Gasteiger partial charge in [-0.15, -0.1) is 0 Å². The van der Waals surface area contributed by atoms with Gasteiger partial charge in [0.1, 0.15) is 6.54 Å². The molecule has 1 aromatic rings. The van der Waals surface area contributed by atoms with E-state index in [0.29, 0.717) is 6.42 Å². The molecule has 0 fully saturated rings. The molecule has 0 aliphatic rings. The van der Waals surface area contributed by atoms with Crippen molar-refractivity contribution >= 4 is 27.9 Å². The minimum absolute atomic E-state index is 0.00959. The Bertz CT molecular complexity index is 746. The van der Waals surface area contributed by atoms with E-state index in [1.807, 2.05) is 19.2 Å². The van der Waals surface area contributed by atoms with E-state index in [9.17, 15) is 22.8 Å². The number of carbonyl (C=O) groups is 3. The predicted molar refractivity (Wildman–Crippen MR) is 93.8 cm³/mol. The summed E-state index contributed by atoms with van der Waals surface area (Å²) in [6.07, 6.45) is 0.692. The third-order valence-electron chi connectivity index (χ3n) is 3.34. The van der Waals surface area contributed by atoms with Crippen LogP contribution < -0.4 is 15.4 Å². The van der Waals surface area contributed by atoms with E-state index in [4.69, 9.17) is 0 Å². The van der Waals surface area contributed by atoms with Crippen molar-refractivity contribution < 1.29 is 27.5 Å². The van der Waals surface area contributed by atoms with Crippen molar-refractivity contribution in [2.75, 3.05) is 13.2 Å². The molecule has 0 saturated heterocycles. The van der Waals surface area contributed by atoms with Gasteiger partial charge in [-0.3, -0.25) is 14.9 Å². The molecule has 0 unspecified atom stereocenters. The SMILES string of the molecule is CC[C@@H](C)NC(=O)NC(=O)COC(=O)CNS(=O)(=O)c1ccc(C)cc1. The Hall–Kier alpha value is -2.46. The molecule has 0 radical (unpaired) electrons. The van der Waals surface area contributed by atoms with Crippen molar-refractivity contribution in [3.8, 4) is 0 Å². The molecule has 1 rings (SSSR count). The lowest BCUT2D eigenvalue weighted by Crippen LogP contribution is -2.45. The first-order valence-electron chi connectivity index (χ1n) is 7.96. The quantitative estimate of drug-likeness (QED) is 0.557. The summed E-state index contributed by atoms with van der Waals surface area (Å²) in [5, 5.41) is 4.51. The van der Waals surface area contributed by atoms with E-state index in [0.717, 1.165) is 5.56 Å². The highest BCUT2D eigenvalue weighted by atomic mass is 32.2. The summed E-state index contributed by atoms with van der Waals surface area (Å²) in [6, 6.07) is 5.27. The van der Waals surface area contributed by atoms with E-state index in [2.05, 4.69) is 14.8 Å². The Balaban J connectivity index is 2.39. The molecule has 3 amide bonds. The Labute approximate surface area is 152 Å². The summed E-state index contributed by atoms with van der Waals surface area (Å²) in [5.74, 6) is -1.77. The van der Waals surface area contributed by atoms with E-state index >= 15 is 0 Å². The van der Waals surface area contributed by atoms with Crippen molar-refractivity contribution in [2.45, 2.75) is 38.1 Å². The number of urea groups is 1. The second kappa shape index (κ2) is 9.88. The minimum Gasteiger partial charge on any atom is -0.455 e. The van der Waals surface area contributed by atoms with Crippen LogP contribution in [0.4, 0.5) is 4.79 Å². The molecule has 0 heterocycles. The molecule has 144 valence electrons. The Morgan fingerprint density at radius 3 is 2.35 bits per heavy atom. The summed E-state index contributed by atoms with van der Waals surface area (Å²) in [6.45, 7) is 4.12. The summed E-state index contributed by atoms with van der Waals surface area (Å²) >= 11 is 0. The highest BCUT2D eigenvalue weighted by Gasteiger charge is 2.17. The Kier molecular flexibility index (Phi) is 8.20. The van der Waals surface area contributed by atoms with Crippen LogP contribution >= 0.6 is 0 Å². The van der Waals surface area contributed by atoms with Crippen molar-refractivity contribution in [3.63, 3.8) is 0 Å². The van der Waals surface area contributed by atoms with Crippen LogP contribution in [0.15, 0.2) is 29.2 Å². The number of esters is 1. The molecule has 0 bridgehead atoms. The van der Waals surface area contributed by atoms with Crippen LogP contribution in [-0.2, 0) is 24.3 Å². The molecule has 10 heteroatoms. The van der Waals surface area contributed by atoms with Gasteiger partial charge < -0.3 is 10.1 Å². The number of sulfonamides is 1. The normalized spacial score (nSPS) is 12.1. The number of carbonyl (C=O) groups excluding carboxylic acids is 3. The van der Waals surface area contributed by atoms with Gasteiger partial charge in [-0.1, -0.05) is 24.6 Å². The molecule has 0 aromatic heterocycles. The van der Waals surface area contributed by atoms with Crippen molar-refractivity contribution in [2.24, 2.45) is 0 Å². The van der Waals surface area contributed by atoms with Gasteiger partial charge in [0.2, 0.25) is 10.0 Å². The maximum atomic E-state index is 12.0. The molecular formula is C16H23N3O6S. The van der Waals surface area contributed by atoms with Gasteiger partial charge in [0, 0.05) is 6.04 Å². The van der Waals surface area contributed by atoms with Crippen molar-refractivity contribution in [3.05, 3.63) is 29.8 Å². The van der Waals surface area contributed by atoms with Gasteiger partial charge in [-0.25, -0.2) is 13.2 Å². The number of ether oxygens (including phenoxy) is 1. The van der Waals surface area contributed by atoms with Crippen LogP contribution in [0.25, 0.3) is 0 Å². The third kappa shape index (κ3) is 7.62. The number of imide groups is 1. The molecule has 9 nitrogen and oxygen atoms in total. The fourth-order valence-corrected chi connectivity index (χ4v) is 2.65. The monoisotopic (exact) mass is 385 g/mol. The highest BCUT2D eigenvalue weighted by molar-refractivity contribution is 7.89. The maximum Gasteiger partial charge on any atom is 0.321 e. The summed E-state index contributed by atoms with van der Waals surface area (Å²) in [5.41, 5.74) is 0.895. The third-order valence-corrected chi connectivity index (χ3v) is 4.76. The summed E-state index contributed by atoms with van der Waals surface area (Å²) < 4.78 is 30.7. The maximum absolute atomic E-state index is 12.0. The van der Waals surface area contributed by atoms with E-state index < -0.39 is 41.1 Å². The lowest BCUT2D eigenvalue weighted by Gasteiger charge is -2.12. The van der Waals surface area contributed by atoms with Gasteiger partial charge in [0.05, 0.1) is 4.90 Å². The standard InChI is InChI=1S/C16H23N3O6S/c1-4-12(3)18-16(22)19-14(20)10-25-15(21)9-17-26(23,24)13-7-5-11(2)6-8-13/h5-8,12,17H,4,9-10H2,1-3H3,(H2,18,19,20,22)/t12-/m1/s1. The molecule has 0 spiro atoms. The average molecular weight is 385 g/mol. The lowest BCUT2D eigenvalue weighted by atomic mass is 10.2. The van der Waals surface area contributed by atoms with Gasteiger partial charge in [0.25, 0.3) is 5.91 Å². The minimum atomic E-state index is -3.86. The average Bonchev–Trinajstić information content (AvgIpc) is 2.58. The Morgan fingerprint density at radius 1 is 1.15 bits per heavy atom. The molecule has 0 aliphatic heterocycles. The van der Waals surface area contributed by atoms with Crippen LogP contribution in [0.3, 0.4) is 0 Å². The van der Waals surface area contributed by atoms with Crippen LogP contribution in [0.1, 0.15) is 25.8 Å². The first kappa shape index (κ1) is 21.6. The molecule has 3 N–H and O–H groups in total. The van der Waals surface area contributed by atoms with E-state index in [1.54, 1.807) is 19.1 Å². The summed E-state index contributed by atoms with van der Waals surface area (Å²) in [4.78, 5) is 34.5. The lowest BCUT2D eigenvalue weighted by molar-refractivity contribution is -0.147. The number of nitrogens with one attached hydrogen (secondary N) is 3. The Morgan fingerprint density at radius 2 is 1.77 bits per heavy atom. The second-order valence-electron chi connectivity index (χ2n) is 5.63. The van der Waals surface area contributed by atoms with Crippen LogP contribution in [0, 0.1) is 6.92 Å². The van der Waals surface area contributed by atoms with E-state index in [1.165, 1.54) is 12.1 Å². The molecule has 1 atom stereocenters. The fraction of sp³-hybridized carbons (Fsp3) is 0.438. The van der Waals surface area contributed by atoms with Crippen LogP contribution in [0.2, 0.25) is 0 Å². The van der Waals surface area contributed by atoms with Gasteiger partial charge in [-0.2, -0.15) is 4.72 Å². The topological polar surface area (TPSA) is 131 Å².